The van der Waals surface area contributed by atoms with Crippen LogP contribution in [0.2, 0.25) is 0 Å². The molecular weight excluding hydrogens is 362 g/mol. The van der Waals surface area contributed by atoms with Crippen LogP contribution in [-0.4, -0.2) is 53.0 Å². The lowest BCUT2D eigenvalue weighted by molar-refractivity contribution is -0.134. The summed E-state index contributed by atoms with van der Waals surface area (Å²) in [5.41, 5.74) is 1.60. The number of aryl methyl sites for hydroxylation is 1. The summed E-state index contributed by atoms with van der Waals surface area (Å²) in [5, 5.41) is 3.71. The molecule has 0 bridgehead atoms. The first kappa shape index (κ1) is 21.8. The summed E-state index contributed by atoms with van der Waals surface area (Å²) >= 11 is 0. The Bertz CT molecular complexity index is 720. The van der Waals surface area contributed by atoms with Gasteiger partial charge in [-0.05, 0) is 37.3 Å². The Kier molecular flexibility index (Phi) is 6.67. The lowest BCUT2D eigenvalue weighted by atomic mass is 9.94. The second kappa shape index (κ2) is 8.86. The predicted octanol–water partition coefficient (Wildman–Crippen LogP) is 3.82. The van der Waals surface area contributed by atoms with Crippen molar-refractivity contribution in [2.24, 2.45) is 11.8 Å². The van der Waals surface area contributed by atoms with E-state index in [1.54, 1.807) is 0 Å². The van der Waals surface area contributed by atoms with Crippen LogP contribution >= 0.6 is 0 Å². The highest BCUT2D eigenvalue weighted by Crippen LogP contribution is 2.35. The number of nitrogens with one attached hydrogen (secondary N) is 1. The van der Waals surface area contributed by atoms with Crippen LogP contribution in [0.1, 0.15) is 69.3 Å². The van der Waals surface area contributed by atoms with Gasteiger partial charge in [0.2, 0.25) is 5.91 Å². The van der Waals surface area contributed by atoms with Crippen LogP contribution in [0, 0.1) is 18.8 Å². The fourth-order valence-electron chi connectivity index (χ4n) is 4.57. The summed E-state index contributed by atoms with van der Waals surface area (Å²) in [4.78, 5) is 30.2. The van der Waals surface area contributed by atoms with Crippen LogP contribution in [0.4, 0.5) is 0 Å². The predicted molar refractivity (Wildman–Crippen MR) is 117 cm³/mol. The fraction of sp³-hybridized carbons (Fsp3) is 0.667. The normalized spacial score (nSPS) is 22.6. The van der Waals surface area contributed by atoms with E-state index in [-0.39, 0.29) is 23.5 Å². The molecule has 1 N–H and O–H groups in total. The minimum absolute atomic E-state index is 0.0939. The standard InChI is InChI=1S/C24H37N3O2/c1-6-18(4)16-27-23(29)21(15-17(2)3)25-24(27)11-13-26(14-12-24)22(28)20-9-7-19(5)8-10-20/h7-10,17-18,21,25H,6,11-16H2,1-5H3/t18-,21+/m1/s1. The number of carbonyl (C=O) groups excluding carboxylic acids is 2. The van der Waals surface area contributed by atoms with Crippen molar-refractivity contribution in [3.8, 4) is 0 Å². The van der Waals surface area contributed by atoms with Gasteiger partial charge in [0.15, 0.2) is 0 Å². The second-order valence-corrected chi connectivity index (χ2v) is 9.48. The number of hydrogen-bond acceptors (Lipinski definition) is 3. The molecule has 2 atom stereocenters. The number of carbonyl (C=O) groups is 2. The van der Waals surface area contributed by atoms with Gasteiger partial charge in [-0.3, -0.25) is 14.9 Å². The second-order valence-electron chi connectivity index (χ2n) is 9.48. The molecule has 29 heavy (non-hydrogen) atoms. The molecule has 0 unspecified atom stereocenters. The number of likely N-dealkylation sites (tertiary alicyclic amines) is 1. The SMILES string of the molecule is CC[C@@H](C)CN1C(=O)[C@H](CC(C)C)NC12CCN(C(=O)c1ccc(C)cc1)CC2. The molecule has 0 radical (unpaired) electrons. The van der Waals surface area contributed by atoms with E-state index in [4.69, 9.17) is 0 Å². The summed E-state index contributed by atoms with van der Waals surface area (Å²) in [6, 6.07) is 7.69. The summed E-state index contributed by atoms with van der Waals surface area (Å²) in [5.74, 6) is 1.29. The molecule has 160 valence electrons. The molecule has 1 spiro atoms. The summed E-state index contributed by atoms with van der Waals surface area (Å²) in [6.07, 6.45) is 3.51. The molecule has 1 aromatic carbocycles. The molecule has 2 saturated heterocycles. The summed E-state index contributed by atoms with van der Waals surface area (Å²) in [7, 11) is 0. The summed E-state index contributed by atoms with van der Waals surface area (Å²) < 4.78 is 0. The topological polar surface area (TPSA) is 52.7 Å². The van der Waals surface area contributed by atoms with Crippen molar-refractivity contribution in [2.75, 3.05) is 19.6 Å². The Morgan fingerprint density at radius 3 is 2.34 bits per heavy atom. The van der Waals surface area contributed by atoms with Crippen molar-refractivity contribution in [3.63, 3.8) is 0 Å². The first-order valence-corrected chi connectivity index (χ1v) is 11.2. The van der Waals surface area contributed by atoms with Gasteiger partial charge in [-0.15, -0.1) is 0 Å². The minimum Gasteiger partial charge on any atom is -0.338 e. The number of nitrogens with zero attached hydrogens (tertiary/aromatic N) is 2. The fourth-order valence-corrected chi connectivity index (χ4v) is 4.57. The van der Waals surface area contributed by atoms with Crippen molar-refractivity contribution in [2.45, 2.75) is 72.0 Å². The van der Waals surface area contributed by atoms with Crippen molar-refractivity contribution in [3.05, 3.63) is 35.4 Å². The third-order valence-electron chi connectivity index (χ3n) is 6.60. The smallest absolute Gasteiger partial charge is 0.253 e. The monoisotopic (exact) mass is 399 g/mol. The Balaban J connectivity index is 1.73. The Morgan fingerprint density at radius 2 is 1.79 bits per heavy atom. The van der Waals surface area contributed by atoms with E-state index in [0.717, 1.165) is 43.4 Å². The lowest BCUT2D eigenvalue weighted by Crippen LogP contribution is -2.60. The molecular formula is C24H37N3O2. The van der Waals surface area contributed by atoms with Crippen LogP contribution in [-0.2, 0) is 4.79 Å². The molecule has 2 heterocycles. The maximum atomic E-state index is 13.2. The number of benzene rings is 1. The molecule has 0 aromatic heterocycles. The van der Waals surface area contributed by atoms with Gasteiger partial charge in [-0.25, -0.2) is 0 Å². The van der Waals surface area contributed by atoms with Gasteiger partial charge < -0.3 is 9.80 Å². The molecule has 2 aliphatic rings. The van der Waals surface area contributed by atoms with Gasteiger partial charge in [0.1, 0.15) is 0 Å². The minimum atomic E-state index is -0.301. The van der Waals surface area contributed by atoms with E-state index in [0.29, 0.717) is 24.9 Å². The molecule has 2 fully saturated rings. The van der Waals surface area contributed by atoms with Crippen molar-refractivity contribution >= 4 is 11.8 Å². The number of rotatable bonds is 6. The van der Waals surface area contributed by atoms with E-state index in [2.05, 4.69) is 37.9 Å². The highest BCUT2D eigenvalue weighted by molar-refractivity contribution is 5.94. The largest absolute Gasteiger partial charge is 0.338 e. The van der Waals surface area contributed by atoms with Crippen molar-refractivity contribution in [1.82, 2.24) is 15.1 Å². The van der Waals surface area contributed by atoms with Crippen molar-refractivity contribution < 1.29 is 9.59 Å². The molecule has 2 aliphatic heterocycles. The first-order chi connectivity index (χ1) is 13.8. The molecule has 5 nitrogen and oxygen atoms in total. The number of hydrogen-bond donors (Lipinski definition) is 1. The zero-order valence-corrected chi connectivity index (χ0v) is 18.7. The number of piperidine rings is 1. The third-order valence-corrected chi connectivity index (χ3v) is 6.60. The maximum absolute atomic E-state index is 13.2. The average molecular weight is 400 g/mol. The third kappa shape index (κ3) is 4.66. The Morgan fingerprint density at radius 1 is 1.17 bits per heavy atom. The lowest BCUT2D eigenvalue weighted by Gasteiger charge is -2.45. The van der Waals surface area contributed by atoms with Gasteiger partial charge in [0, 0.05) is 38.0 Å². The molecule has 3 rings (SSSR count). The summed E-state index contributed by atoms with van der Waals surface area (Å²) in [6.45, 7) is 12.9. The van der Waals surface area contributed by atoms with Crippen LogP contribution < -0.4 is 5.32 Å². The molecule has 1 aromatic rings. The van der Waals surface area contributed by atoms with Gasteiger partial charge in [0.25, 0.3) is 5.91 Å². The zero-order valence-electron chi connectivity index (χ0n) is 18.7. The van der Waals surface area contributed by atoms with Gasteiger partial charge in [-0.2, -0.15) is 0 Å². The van der Waals surface area contributed by atoms with Gasteiger partial charge in [0.05, 0.1) is 11.7 Å². The Labute approximate surface area is 175 Å². The zero-order chi connectivity index (χ0) is 21.2. The van der Waals surface area contributed by atoms with E-state index in [9.17, 15) is 9.59 Å². The van der Waals surface area contributed by atoms with E-state index >= 15 is 0 Å². The van der Waals surface area contributed by atoms with Gasteiger partial charge in [-0.1, -0.05) is 51.8 Å². The van der Waals surface area contributed by atoms with E-state index < -0.39 is 0 Å². The van der Waals surface area contributed by atoms with Crippen LogP contribution in [0.25, 0.3) is 0 Å². The quantitative estimate of drug-likeness (QED) is 0.791. The van der Waals surface area contributed by atoms with E-state index in [1.165, 1.54) is 0 Å². The Hall–Kier alpha value is -1.88. The molecule has 5 heteroatoms. The molecule has 2 amide bonds. The number of amides is 2. The maximum Gasteiger partial charge on any atom is 0.253 e. The highest BCUT2D eigenvalue weighted by Gasteiger charge is 2.51. The van der Waals surface area contributed by atoms with E-state index in [1.807, 2.05) is 36.1 Å². The molecule has 0 saturated carbocycles. The average Bonchev–Trinajstić information content (AvgIpc) is 2.93. The first-order valence-electron chi connectivity index (χ1n) is 11.2. The molecule has 0 aliphatic carbocycles. The van der Waals surface area contributed by atoms with Crippen molar-refractivity contribution in [1.29, 1.82) is 0 Å². The highest BCUT2D eigenvalue weighted by atomic mass is 16.2. The van der Waals surface area contributed by atoms with Gasteiger partial charge >= 0.3 is 0 Å². The van der Waals surface area contributed by atoms with Crippen LogP contribution in [0.3, 0.4) is 0 Å². The van der Waals surface area contributed by atoms with Crippen LogP contribution in [0.5, 0.6) is 0 Å². The van der Waals surface area contributed by atoms with Crippen LogP contribution in [0.15, 0.2) is 24.3 Å².